The van der Waals surface area contributed by atoms with Gasteiger partial charge in [0.1, 0.15) is 12.4 Å². The number of fused-ring (bicyclic) bond motifs is 2. The third kappa shape index (κ3) is 6.30. The highest BCUT2D eigenvalue weighted by molar-refractivity contribution is 5.81. The van der Waals surface area contributed by atoms with E-state index in [1.165, 1.54) is 25.7 Å². The Morgan fingerprint density at radius 2 is 1.66 bits per heavy atom. The SMILES string of the molecule is CCCCCCCCC(=O)C1CC2COCC(C1)N2C(=O)OCc1ccccc1. The molecule has 1 amide bonds. The maximum atomic E-state index is 12.7. The molecule has 2 aliphatic heterocycles. The highest BCUT2D eigenvalue weighted by Gasteiger charge is 2.44. The summed E-state index contributed by atoms with van der Waals surface area (Å²) in [6.45, 7) is 3.49. The number of Topliss-reactive ketones (excluding diaryl/α,β-unsaturated/α-hetero) is 1. The van der Waals surface area contributed by atoms with Gasteiger partial charge in [0.2, 0.25) is 0 Å². The van der Waals surface area contributed by atoms with Crippen LogP contribution in [0, 0.1) is 5.92 Å². The van der Waals surface area contributed by atoms with Crippen molar-refractivity contribution in [2.75, 3.05) is 13.2 Å². The molecule has 2 unspecified atom stereocenters. The lowest BCUT2D eigenvalue weighted by atomic mass is 9.81. The van der Waals surface area contributed by atoms with Gasteiger partial charge in [0.15, 0.2) is 0 Å². The molecule has 2 heterocycles. The maximum absolute atomic E-state index is 12.7. The predicted molar refractivity (Wildman–Crippen MR) is 113 cm³/mol. The Morgan fingerprint density at radius 3 is 2.34 bits per heavy atom. The minimum Gasteiger partial charge on any atom is -0.445 e. The smallest absolute Gasteiger partial charge is 0.410 e. The number of carbonyl (C=O) groups is 2. The van der Waals surface area contributed by atoms with Crippen molar-refractivity contribution >= 4 is 11.9 Å². The predicted octanol–water partition coefficient (Wildman–Crippen LogP) is 5.12. The maximum Gasteiger partial charge on any atom is 0.410 e. The van der Waals surface area contributed by atoms with Crippen LogP contribution in [0.25, 0.3) is 0 Å². The number of rotatable bonds is 10. The summed E-state index contributed by atoms with van der Waals surface area (Å²) in [5.41, 5.74) is 0.978. The Balaban J connectivity index is 1.46. The zero-order valence-corrected chi connectivity index (χ0v) is 17.7. The fourth-order valence-electron chi connectivity index (χ4n) is 4.55. The van der Waals surface area contributed by atoms with E-state index in [0.717, 1.165) is 18.4 Å². The Bertz CT molecular complexity index is 634. The van der Waals surface area contributed by atoms with E-state index in [0.29, 0.717) is 38.3 Å². The van der Waals surface area contributed by atoms with Crippen molar-refractivity contribution in [1.82, 2.24) is 4.90 Å². The van der Waals surface area contributed by atoms with Gasteiger partial charge in [-0.3, -0.25) is 9.69 Å². The largest absolute Gasteiger partial charge is 0.445 e. The molecule has 2 saturated heterocycles. The minimum absolute atomic E-state index is 0.0516. The van der Waals surface area contributed by atoms with Gasteiger partial charge in [-0.15, -0.1) is 0 Å². The van der Waals surface area contributed by atoms with Crippen LogP contribution in [0.2, 0.25) is 0 Å². The summed E-state index contributed by atoms with van der Waals surface area (Å²) in [7, 11) is 0. The van der Waals surface area contributed by atoms with Gasteiger partial charge in [0.05, 0.1) is 25.3 Å². The van der Waals surface area contributed by atoms with Gasteiger partial charge in [-0.05, 0) is 24.8 Å². The Kier molecular flexibility index (Phi) is 8.53. The van der Waals surface area contributed by atoms with Crippen LogP contribution in [-0.4, -0.2) is 42.1 Å². The molecule has 0 radical (unpaired) electrons. The summed E-state index contributed by atoms with van der Waals surface area (Å²) in [5, 5.41) is 0. The summed E-state index contributed by atoms with van der Waals surface area (Å²) in [4.78, 5) is 27.3. The second-order valence-electron chi connectivity index (χ2n) is 8.44. The number of piperidine rings is 1. The number of benzene rings is 1. The molecule has 2 aliphatic rings. The Morgan fingerprint density at radius 1 is 1.00 bits per heavy atom. The van der Waals surface area contributed by atoms with E-state index in [1.54, 1.807) is 0 Å². The summed E-state index contributed by atoms with van der Waals surface area (Å²) in [5.74, 6) is 0.428. The first-order valence-corrected chi connectivity index (χ1v) is 11.3. The van der Waals surface area contributed by atoms with Gasteiger partial charge < -0.3 is 9.47 Å². The molecular weight excluding hydrogens is 366 g/mol. The Labute approximate surface area is 174 Å². The molecule has 2 atom stereocenters. The van der Waals surface area contributed by atoms with Gasteiger partial charge in [0, 0.05) is 12.3 Å². The molecule has 5 heteroatoms. The van der Waals surface area contributed by atoms with Crippen LogP contribution in [0.4, 0.5) is 4.79 Å². The van der Waals surface area contributed by atoms with Crippen LogP contribution in [0.3, 0.4) is 0 Å². The molecule has 1 aromatic rings. The molecular formula is C24H35NO4. The van der Waals surface area contributed by atoms with Gasteiger partial charge in [-0.2, -0.15) is 0 Å². The van der Waals surface area contributed by atoms with Crippen LogP contribution >= 0.6 is 0 Å². The number of ketones is 1. The summed E-state index contributed by atoms with van der Waals surface area (Å²) < 4.78 is 11.2. The van der Waals surface area contributed by atoms with E-state index < -0.39 is 0 Å². The van der Waals surface area contributed by atoms with Crippen molar-refractivity contribution in [1.29, 1.82) is 0 Å². The number of ether oxygens (including phenoxy) is 2. The van der Waals surface area contributed by atoms with Crippen LogP contribution in [0.1, 0.15) is 70.3 Å². The lowest BCUT2D eigenvalue weighted by molar-refractivity contribution is -0.131. The van der Waals surface area contributed by atoms with E-state index in [9.17, 15) is 9.59 Å². The van der Waals surface area contributed by atoms with Crippen molar-refractivity contribution < 1.29 is 19.1 Å². The quantitative estimate of drug-likeness (QED) is 0.511. The molecule has 2 bridgehead atoms. The summed E-state index contributed by atoms with van der Waals surface area (Å²) >= 11 is 0. The van der Waals surface area contributed by atoms with Crippen LogP contribution in [0.5, 0.6) is 0 Å². The zero-order chi connectivity index (χ0) is 20.5. The van der Waals surface area contributed by atoms with Crippen molar-refractivity contribution in [2.45, 2.75) is 83.4 Å². The third-order valence-corrected chi connectivity index (χ3v) is 6.17. The molecule has 2 fully saturated rings. The molecule has 0 aromatic heterocycles. The lowest BCUT2D eigenvalue weighted by Gasteiger charge is -2.47. The Hall–Kier alpha value is -1.88. The average Bonchev–Trinajstić information content (AvgIpc) is 2.74. The van der Waals surface area contributed by atoms with Gasteiger partial charge in [0.25, 0.3) is 0 Å². The first-order chi connectivity index (χ1) is 14.2. The van der Waals surface area contributed by atoms with Crippen LogP contribution in [-0.2, 0) is 20.9 Å². The second-order valence-corrected chi connectivity index (χ2v) is 8.44. The van der Waals surface area contributed by atoms with E-state index in [1.807, 2.05) is 35.2 Å². The summed E-state index contributed by atoms with van der Waals surface area (Å²) in [6, 6.07) is 9.61. The molecule has 0 spiro atoms. The molecule has 0 saturated carbocycles. The van der Waals surface area contributed by atoms with Gasteiger partial charge >= 0.3 is 6.09 Å². The number of hydrogen-bond acceptors (Lipinski definition) is 4. The molecule has 0 aliphatic carbocycles. The highest BCUT2D eigenvalue weighted by Crippen LogP contribution is 2.33. The molecule has 29 heavy (non-hydrogen) atoms. The van der Waals surface area contributed by atoms with Crippen molar-refractivity contribution in [2.24, 2.45) is 5.92 Å². The van der Waals surface area contributed by atoms with Gasteiger partial charge in [-0.1, -0.05) is 69.4 Å². The third-order valence-electron chi connectivity index (χ3n) is 6.17. The number of nitrogens with zero attached hydrogens (tertiary/aromatic N) is 1. The molecule has 3 rings (SSSR count). The fourth-order valence-corrected chi connectivity index (χ4v) is 4.55. The fraction of sp³-hybridized carbons (Fsp3) is 0.667. The normalized spacial score (nSPS) is 23.6. The van der Waals surface area contributed by atoms with Crippen LogP contribution in [0.15, 0.2) is 30.3 Å². The molecule has 0 N–H and O–H groups in total. The minimum atomic E-state index is -0.283. The molecule has 1 aromatic carbocycles. The summed E-state index contributed by atoms with van der Waals surface area (Å²) in [6.07, 6.45) is 8.97. The van der Waals surface area contributed by atoms with E-state index in [-0.39, 0.29) is 30.7 Å². The molecule has 5 nitrogen and oxygen atoms in total. The zero-order valence-electron chi connectivity index (χ0n) is 17.7. The first kappa shape index (κ1) is 21.8. The van der Waals surface area contributed by atoms with Gasteiger partial charge in [-0.25, -0.2) is 4.79 Å². The second kappa shape index (κ2) is 11.3. The monoisotopic (exact) mass is 401 g/mol. The number of hydrogen-bond donors (Lipinski definition) is 0. The first-order valence-electron chi connectivity index (χ1n) is 11.3. The lowest BCUT2D eigenvalue weighted by Crippen LogP contribution is -2.59. The van der Waals surface area contributed by atoms with Crippen molar-refractivity contribution in [3.63, 3.8) is 0 Å². The van der Waals surface area contributed by atoms with Crippen LogP contribution < -0.4 is 0 Å². The molecule has 160 valence electrons. The van der Waals surface area contributed by atoms with Crippen molar-refractivity contribution in [3.05, 3.63) is 35.9 Å². The standard InChI is InChI=1S/C24H35NO4/c1-2-3-4-5-6-10-13-23(26)20-14-21-17-28-18-22(15-20)25(21)24(27)29-16-19-11-8-7-9-12-19/h7-9,11-12,20-22H,2-6,10,13-18H2,1H3. The number of morpholine rings is 1. The number of carbonyl (C=O) groups excluding carboxylic acids is 2. The van der Waals surface area contributed by atoms with E-state index >= 15 is 0 Å². The number of unbranched alkanes of at least 4 members (excludes halogenated alkanes) is 5. The topological polar surface area (TPSA) is 55.8 Å². The average molecular weight is 402 g/mol. The van der Waals surface area contributed by atoms with E-state index in [4.69, 9.17) is 9.47 Å². The van der Waals surface area contributed by atoms with Crippen molar-refractivity contribution in [3.8, 4) is 0 Å². The highest BCUT2D eigenvalue weighted by atomic mass is 16.6. The van der Waals surface area contributed by atoms with E-state index in [2.05, 4.69) is 6.92 Å². The number of amides is 1.